The molecule has 103 heavy (non-hydrogen) atoms. The number of benzene rings is 15. The monoisotopic (exact) mass is 1330 g/mol. The van der Waals surface area contributed by atoms with E-state index in [1.165, 1.54) is 39.1 Å². The molecule has 0 spiro atoms. The Morgan fingerprint density at radius 3 is 0.728 bits per heavy atom. The minimum absolute atomic E-state index is 0.653. The van der Waals surface area contributed by atoms with Gasteiger partial charge in [-0.05, 0) is 234 Å². The van der Waals surface area contributed by atoms with Gasteiger partial charge in [0.15, 0.2) is 0 Å². The molecule has 0 bridgehead atoms. The smallest absolute Gasteiger partial charge is 0.0992 e. The van der Waals surface area contributed by atoms with E-state index in [1.807, 2.05) is 93.0 Å². The van der Waals surface area contributed by atoms with Crippen molar-refractivity contribution in [2.75, 3.05) is 50.5 Å². The predicted molar refractivity (Wildman–Crippen MR) is 433 cm³/mol. The summed E-state index contributed by atoms with van der Waals surface area (Å²) in [6.07, 6.45) is 0. The Balaban J connectivity index is 0.000000138. The molecule has 0 atom stereocenters. The summed E-state index contributed by atoms with van der Waals surface area (Å²) in [4.78, 5) is 13.2. The standard InChI is InChI=1S/2C32H25N3.C31H26N2/c1-34(32-14-8-9-25(23-32)24-33)28-19-21-31(22-20-28)35(29-12-6-3-7-13-29)30-17-15-27(16-18-30)26-10-4-2-5-11-26;1-34(28-16-12-25(24-33)13-17-28)29-20-22-32(23-21-29)35(30-10-6-3-7-11-30)31-18-14-27(15-19-31)26-8-4-2-5-9-26;1-32(27-15-7-3-8-16-27)28-20-22-30(23-21-28)33(29-17-9-4-10-18-29)31-19-11-14-26(24-31)25-12-5-2-6-13-25/h2*2-23H,1H3;2-24H,1H3. The molecule has 0 aliphatic carbocycles. The summed E-state index contributed by atoms with van der Waals surface area (Å²) in [7, 11) is 6.15. The van der Waals surface area contributed by atoms with Gasteiger partial charge in [-0.25, -0.2) is 0 Å². The molecule has 0 fully saturated rings. The highest BCUT2D eigenvalue weighted by Gasteiger charge is 2.18. The van der Waals surface area contributed by atoms with Gasteiger partial charge >= 0.3 is 0 Å². The van der Waals surface area contributed by atoms with Gasteiger partial charge < -0.3 is 29.4 Å². The summed E-state index contributed by atoms with van der Waals surface area (Å²) >= 11 is 0. The van der Waals surface area contributed by atoms with Crippen LogP contribution in [0, 0.1) is 22.7 Å². The fourth-order valence-corrected chi connectivity index (χ4v) is 12.5. The van der Waals surface area contributed by atoms with Crippen molar-refractivity contribution in [3.05, 3.63) is 418 Å². The highest BCUT2D eigenvalue weighted by Crippen LogP contribution is 2.41. The van der Waals surface area contributed by atoms with Crippen LogP contribution >= 0.6 is 0 Å². The van der Waals surface area contributed by atoms with Crippen LogP contribution in [0.3, 0.4) is 0 Å². The highest BCUT2D eigenvalue weighted by atomic mass is 15.2. The van der Waals surface area contributed by atoms with Crippen LogP contribution in [-0.4, -0.2) is 21.1 Å². The molecule has 0 aromatic heterocycles. The Labute approximate surface area is 605 Å². The summed E-state index contributed by atoms with van der Waals surface area (Å²) in [5.74, 6) is 0. The second-order valence-corrected chi connectivity index (χ2v) is 24.6. The maximum absolute atomic E-state index is 9.24. The zero-order valence-electron chi connectivity index (χ0n) is 57.8. The van der Waals surface area contributed by atoms with Gasteiger partial charge in [-0.3, -0.25) is 0 Å². The minimum Gasteiger partial charge on any atom is -0.345 e. The topological polar surface area (TPSA) is 67.0 Å². The lowest BCUT2D eigenvalue weighted by Crippen LogP contribution is -2.12. The summed E-state index contributed by atoms with van der Waals surface area (Å²) < 4.78 is 0. The third-order valence-electron chi connectivity index (χ3n) is 18.1. The second kappa shape index (κ2) is 33.1. The maximum Gasteiger partial charge on any atom is 0.0992 e. The van der Waals surface area contributed by atoms with Gasteiger partial charge in [0.05, 0.1) is 23.3 Å². The van der Waals surface area contributed by atoms with Gasteiger partial charge in [-0.15, -0.1) is 0 Å². The fraction of sp³-hybridized carbons (Fsp3) is 0.0316. The fourth-order valence-electron chi connectivity index (χ4n) is 12.5. The van der Waals surface area contributed by atoms with Crippen molar-refractivity contribution in [3.8, 4) is 45.5 Å². The third kappa shape index (κ3) is 16.6. The lowest BCUT2D eigenvalue weighted by atomic mass is 10.0. The Morgan fingerprint density at radius 1 is 0.165 bits per heavy atom. The molecule has 0 N–H and O–H groups in total. The Morgan fingerprint density at radius 2 is 0.379 bits per heavy atom. The molecule has 15 aromatic rings. The van der Waals surface area contributed by atoms with Crippen molar-refractivity contribution in [2.24, 2.45) is 0 Å². The van der Waals surface area contributed by atoms with Crippen LogP contribution in [0.4, 0.5) is 85.3 Å². The SMILES string of the molecule is CN(c1ccc(C#N)cc1)c1ccc(N(c2ccccc2)c2ccc(-c3ccccc3)cc2)cc1.CN(c1ccc(N(c2ccccc2)c2ccc(-c3ccccc3)cc2)cc1)c1cccc(C#N)c1.CN(c1ccccc1)c1ccc(N(c2ccccc2)c2cccc(-c3ccccc3)c2)cc1. The van der Waals surface area contributed by atoms with Gasteiger partial charge in [0.2, 0.25) is 0 Å². The molecule has 0 saturated heterocycles. The minimum atomic E-state index is 0.653. The summed E-state index contributed by atoms with van der Waals surface area (Å²) in [6, 6.07) is 145. The van der Waals surface area contributed by atoms with Crippen molar-refractivity contribution < 1.29 is 0 Å². The van der Waals surface area contributed by atoms with E-state index in [1.54, 1.807) is 0 Å². The van der Waals surface area contributed by atoms with Crippen molar-refractivity contribution >= 4 is 85.3 Å². The molecule has 15 rings (SSSR count). The maximum atomic E-state index is 9.24. The van der Waals surface area contributed by atoms with E-state index in [0.29, 0.717) is 11.1 Å². The quantitative estimate of drug-likeness (QED) is 0.0842. The van der Waals surface area contributed by atoms with Crippen molar-refractivity contribution in [2.45, 2.75) is 0 Å². The lowest BCUT2D eigenvalue weighted by molar-refractivity contribution is 1.20. The molecule has 0 radical (unpaired) electrons. The summed E-state index contributed by atoms with van der Waals surface area (Å²) in [6.45, 7) is 0. The number of rotatable bonds is 18. The predicted octanol–water partition coefficient (Wildman–Crippen LogP) is 25.5. The van der Waals surface area contributed by atoms with Gasteiger partial charge in [-0.1, -0.05) is 206 Å². The van der Waals surface area contributed by atoms with E-state index in [0.717, 1.165) is 79.6 Å². The normalized spacial score (nSPS) is 10.5. The average molecular weight is 1330 g/mol. The second-order valence-electron chi connectivity index (χ2n) is 24.6. The molecule has 8 nitrogen and oxygen atoms in total. The average Bonchev–Trinajstić information content (AvgIpc) is 0.811. The van der Waals surface area contributed by atoms with E-state index in [-0.39, 0.29) is 0 Å². The first-order valence-corrected chi connectivity index (χ1v) is 34.3. The van der Waals surface area contributed by atoms with Gasteiger partial charge in [0.1, 0.15) is 0 Å². The first-order valence-electron chi connectivity index (χ1n) is 34.3. The van der Waals surface area contributed by atoms with Gasteiger partial charge in [0, 0.05) is 106 Å². The molecular formula is C95H76N8. The van der Waals surface area contributed by atoms with Crippen molar-refractivity contribution in [1.82, 2.24) is 0 Å². The number of nitriles is 2. The number of anilines is 15. The number of hydrogen-bond donors (Lipinski definition) is 0. The molecule has 0 saturated carbocycles. The molecule has 496 valence electrons. The van der Waals surface area contributed by atoms with Crippen molar-refractivity contribution in [1.29, 1.82) is 10.5 Å². The van der Waals surface area contributed by atoms with Crippen LogP contribution < -0.4 is 29.4 Å². The molecule has 0 aliphatic rings. The number of nitrogens with zero attached hydrogens (tertiary/aromatic N) is 8. The Kier molecular flexibility index (Phi) is 21.7. The third-order valence-corrected chi connectivity index (χ3v) is 18.1. The molecule has 8 heteroatoms. The van der Waals surface area contributed by atoms with E-state index < -0.39 is 0 Å². The molecule has 0 unspecified atom stereocenters. The van der Waals surface area contributed by atoms with Gasteiger partial charge in [-0.2, -0.15) is 10.5 Å². The van der Waals surface area contributed by atoms with Gasteiger partial charge in [0.25, 0.3) is 0 Å². The first kappa shape index (κ1) is 67.6. The van der Waals surface area contributed by atoms with E-state index in [2.05, 4.69) is 376 Å². The largest absolute Gasteiger partial charge is 0.345 e. The Hall–Kier alpha value is -13.9. The van der Waals surface area contributed by atoms with Crippen LogP contribution in [0.15, 0.2) is 406 Å². The molecule has 15 aromatic carbocycles. The molecule has 0 amide bonds. The van der Waals surface area contributed by atoms with Crippen LogP contribution in [0.25, 0.3) is 33.4 Å². The summed E-state index contributed by atoms with van der Waals surface area (Å²) in [5, 5.41) is 18.3. The Bertz CT molecular complexity index is 5210. The summed E-state index contributed by atoms with van der Waals surface area (Å²) in [5.41, 5.74) is 24.9. The van der Waals surface area contributed by atoms with Crippen molar-refractivity contribution in [3.63, 3.8) is 0 Å². The van der Waals surface area contributed by atoms with E-state index >= 15 is 0 Å². The molecule has 0 aliphatic heterocycles. The van der Waals surface area contributed by atoms with Crippen LogP contribution in [0.1, 0.15) is 11.1 Å². The lowest BCUT2D eigenvalue weighted by Gasteiger charge is -2.27. The highest BCUT2D eigenvalue weighted by molar-refractivity contribution is 5.84. The molecular weight excluding hydrogens is 1250 g/mol. The zero-order valence-corrected chi connectivity index (χ0v) is 57.8. The first-order chi connectivity index (χ1) is 50.7. The zero-order chi connectivity index (χ0) is 70.5. The van der Waals surface area contributed by atoms with Crippen LogP contribution in [0.5, 0.6) is 0 Å². The van der Waals surface area contributed by atoms with E-state index in [4.69, 9.17) is 5.26 Å². The number of para-hydroxylation sites is 4. The van der Waals surface area contributed by atoms with E-state index in [9.17, 15) is 5.26 Å². The van der Waals surface area contributed by atoms with Crippen LogP contribution in [-0.2, 0) is 0 Å². The number of hydrogen-bond acceptors (Lipinski definition) is 8. The molecule has 0 heterocycles. The van der Waals surface area contributed by atoms with Crippen LogP contribution in [0.2, 0.25) is 0 Å².